The minimum atomic E-state index is 0.711. The predicted molar refractivity (Wildman–Crippen MR) is 71.9 cm³/mol. The summed E-state index contributed by atoms with van der Waals surface area (Å²) in [7, 11) is 0. The molecule has 0 aliphatic rings. The second kappa shape index (κ2) is 5.63. The number of benzene rings is 1. The Balaban J connectivity index is 2.30. The quantitative estimate of drug-likeness (QED) is 0.755. The van der Waals surface area contributed by atoms with Gasteiger partial charge in [-0.1, -0.05) is 30.7 Å². The first kappa shape index (κ1) is 12.6. The van der Waals surface area contributed by atoms with Crippen LogP contribution >= 0.6 is 0 Å². The number of aromatic nitrogens is 2. The van der Waals surface area contributed by atoms with Gasteiger partial charge in [0.25, 0.3) is 0 Å². The molecule has 0 atom stereocenters. The maximum absolute atomic E-state index is 11.1. The molecule has 1 aromatic carbocycles. The first-order chi connectivity index (χ1) is 8.74. The fraction of sp³-hybridized carbons (Fsp3) is 0.333. The molecular formula is C15H18N2O. The summed E-state index contributed by atoms with van der Waals surface area (Å²) >= 11 is 0. The van der Waals surface area contributed by atoms with Crippen LogP contribution in [-0.2, 0) is 13.0 Å². The van der Waals surface area contributed by atoms with Crippen molar-refractivity contribution in [3.63, 3.8) is 0 Å². The van der Waals surface area contributed by atoms with Crippen molar-refractivity contribution >= 4 is 6.29 Å². The van der Waals surface area contributed by atoms with E-state index in [9.17, 15) is 4.79 Å². The molecule has 3 nitrogen and oxygen atoms in total. The zero-order valence-electron chi connectivity index (χ0n) is 10.9. The first-order valence-corrected chi connectivity index (χ1v) is 6.29. The van der Waals surface area contributed by atoms with Gasteiger partial charge in [-0.2, -0.15) is 0 Å². The van der Waals surface area contributed by atoms with Crippen LogP contribution in [0.1, 0.15) is 40.7 Å². The number of rotatable bonds is 5. The number of carbonyl (C=O) groups is 1. The van der Waals surface area contributed by atoms with E-state index in [0.717, 1.165) is 36.2 Å². The fourth-order valence-corrected chi connectivity index (χ4v) is 2.12. The molecule has 1 heterocycles. The van der Waals surface area contributed by atoms with E-state index in [1.54, 1.807) is 0 Å². The number of aldehydes is 1. The summed E-state index contributed by atoms with van der Waals surface area (Å²) in [5.74, 6) is 1.02. The topological polar surface area (TPSA) is 34.9 Å². The highest BCUT2D eigenvalue weighted by molar-refractivity contribution is 5.77. The number of hydrogen-bond acceptors (Lipinski definition) is 2. The molecule has 0 unspecified atom stereocenters. The van der Waals surface area contributed by atoms with E-state index in [2.05, 4.69) is 22.5 Å². The molecule has 0 aliphatic heterocycles. The molecule has 3 heteroatoms. The highest BCUT2D eigenvalue weighted by Gasteiger charge is 2.07. The SMILES string of the molecule is CCCn1ccnc1Cc1cc(C)ccc1C=O. The van der Waals surface area contributed by atoms with Crippen LogP contribution in [0.3, 0.4) is 0 Å². The minimum Gasteiger partial charge on any atom is -0.335 e. The Hall–Kier alpha value is -1.90. The zero-order valence-corrected chi connectivity index (χ0v) is 10.9. The summed E-state index contributed by atoms with van der Waals surface area (Å²) in [4.78, 5) is 15.4. The summed E-state index contributed by atoms with van der Waals surface area (Å²) in [6, 6.07) is 5.91. The largest absolute Gasteiger partial charge is 0.335 e. The number of hydrogen-bond donors (Lipinski definition) is 0. The molecule has 0 saturated carbocycles. The monoisotopic (exact) mass is 242 g/mol. The summed E-state index contributed by atoms with van der Waals surface area (Å²) < 4.78 is 2.15. The average molecular weight is 242 g/mol. The molecule has 94 valence electrons. The van der Waals surface area contributed by atoms with Crippen LogP contribution in [-0.4, -0.2) is 15.8 Å². The maximum Gasteiger partial charge on any atom is 0.150 e. The molecule has 0 aliphatic carbocycles. The Morgan fingerprint density at radius 1 is 1.39 bits per heavy atom. The van der Waals surface area contributed by atoms with Crippen LogP contribution in [0, 0.1) is 6.92 Å². The van der Waals surface area contributed by atoms with Gasteiger partial charge in [0.2, 0.25) is 0 Å². The molecule has 0 N–H and O–H groups in total. The molecule has 0 fully saturated rings. The lowest BCUT2D eigenvalue weighted by molar-refractivity contribution is 0.112. The van der Waals surface area contributed by atoms with Crippen molar-refractivity contribution in [2.24, 2.45) is 0 Å². The van der Waals surface area contributed by atoms with Crippen LogP contribution in [0.5, 0.6) is 0 Å². The normalized spacial score (nSPS) is 10.6. The molecular weight excluding hydrogens is 224 g/mol. The Bertz CT molecular complexity index is 543. The number of imidazole rings is 1. The van der Waals surface area contributed by atoms with Gasteiger partial charge in [0, 0.05) is 30.9 Å². The van der Waals surface area contributed by atoms with Crippen molar-refractivity contribution in [3.05, 3.63) is 53.1 Å². The Labute approximate surface area is 107 Å². The van der Waals surface area contributed by atoms with Gasteiger partial charge in [0.15, 0.2) is 0 Å². The molecule has 0 saturated heterocycles. The zero-order chi connectivity index (χ0) is 13.0. The fourth-order valence-electron chi connectivity index (χ4n) is 2.12. The second-order valence-electron chi connectivity index (χ2n) is 4.53. The van der Waals surface area contributed by atoms with Gasteiger partial charge in [0.05, 0.1) is 0 Å². The molecule has 2 aromatic rings. The highest BCUT2D eigenvalue weighted by atomic mass is 16.1. The number of aryl methyl sites for hydroxylation is 2. The molecule has 18 heavy (non-hydrogen) atoms. The average Bonchev–Trinajstić information content (AvgIpc) is 2.78. The summed E-state index contributed by atoms with van der Waals surface area (Å²) in [6.07, 6.45) is 6.53. The minimum absolute atomic E-state index is 0.711. The lowest BCUT2D eigenvalue weighted by Gasteiger charge is -2.08. The Kier molecular flexibility index (Phi) is 3.92. The third kappa shape index (κ3) is 2.67. The van der Waals surface area contributed by atoms with Crippen molar-refractivity contribution in [2.45, 2.75) is 33.2 Å². The van der Waals surface area contributed by atoms with Gasteiger partial charge in [-0.25, -0.2) is 4.98 Å². The summed E-state index contributed by atoms with van der Waals surface area (Å²) in [5.41, 5.74) is 2.98. The Morgan fingerprint density at radius 3 is 2.94 bits per heavy atom. The van der Waals surface area contributed by atoms with E-state index in [1.807, 2.05) is 31.5 Å². The maximum atomic E-state index is 11.1. The van der Waals surface area contributed by atoms with Gasteiger partial charge in [0.1, 0.15) is 12.1 Å². The van der Waals surface area contributed by atoms with E-state index in [-0.39, 0.29) is 0 Å². The van der Waals surface area contributed by atoms with Gasteiger partial charge in [-0.15, -0.1) is 0 Å². The van der Waals surface area contributed by atoms with Crippen molar-refractivity contribution in [1.29, 1.82) is 0 Å². The molecule has 1 aromatic heterocycles. The lowest BCUT2D eigenvalue weighted by atomic mass is 10.0. The van der Waals surface area contributed by atoms with Crippen LogP contribution in [0.25, 0.3) is 0 Å². The van der Waals surface area contributed by atoms with Crippen LogP contribution < -0.4 is 0 Å². The van der Waals surface area contributed by atoms with E-state index in [4.69, 9.17) is 0 Å². The molecule has 0 spiro atoms. The van der Waals surface area contributed by atoms with Gasteiger partial charge in [-0.05, 0) is 18.9 Å². The van der Waals surface area contributed by atoms with E-state index >= 15 is 0 Å². The van der Waals surface area contributed by atoms with Crippen molar-refractivity contribution in [3.8, 4) is 0 Å². The molecule has 2 rings (SSSR count). The third-order valence-corrected chi connectivity index (χ3v) is 3.04. The smallest absolute Gasteiger partial charge is 0.150 e. The first-order valence-electron chi connectivity index (χ1n) is 6.29. The standard InChI is InChI=1S/C15H18N2O/c1-3-7-17-8-6-16-15(17)10-14-9-12(2)4-5-13(14)11-18/h4-6,8-9,11H,3,7,10H2,1-2H3. The second-order valence-corrected chi connectivity index (χ2v) is 4.53. The Morgan fingerprint density at radius 2 is 2.22 bits per heavy atom. The predicted octanol–water partition coefficient (Wildman–Crippen LogP) is 3.00. The number of carbonyl (C=O) groups excluding carboxylic acids is 1. The van der Waals surface area contributed by atoms with Crippen LogP contribution in [0.4, 0.5) is 0 Å². The van der Waals surface area contributed by atoms with Gasteiger partial charge in [-0.3, -0.25) is 4.79 Å². The highest BCUT2D eigenvalue weighted by Crippen LogP contribution is 2.14. The molecule has 0 amide bonds. The summed E-state index contributed by atoms with van der Waals surface area (Å²) in [5, 5.41) is 0. The van der Waals surface area contributed by atoms with Crippen molar-refractivity contribution in [2.75, 3.05) is 0 Å². The van der Waals surface area contributed by atoms with Gasteiger partial charge < -0.3 is 4.57 Å². The van der Waals surface area contributed by atoms with Crippen molar-refractivity contribution < 1.29 is 4.79 Å². The van der Waals surface area contributed by atoms with E-state index in [0.29, 0.717) is 6.42 Å². The van der Waals surface area contributed by atoms with Crippen LogP contribution in [0.15, 0.2) is 30.6 Å². The molecule has 0 bridgehead atoms. The third-order valence-electron chi connectivity index (χ3n) is 3.04. The summed E-state index contributed by atoms with van der Waals surface area (Å²) in [6.45, 7) is 5.15. The van der Waals surface area contributed by atoms with E-state index in [1.165, 1.54) is 5.56 Å². The van der Waals surface area contributed by atoms with Gasteiger partial charge >= 0.3 is 0 Å². The lowest BCUT2D eigenvalue weighted by Crippen LogP contribution is -2.05. The van der Waals surface area contributed by atoms with Crippen LogP contribution in [0.2, 0.25) is 0 Å². The van der Waals surface area contributed by atoms with E-state index < -0.39 is 0 Å². The van der Waals surface area contributed by atoms with Crippen molar-refractivity contribution in [1.82, 2.24) is 9.55 Å². The molecule has 0 radical (unpaired) electrons. The number of nitrogens with zero attached hydrogens (tertiary/aromatic N) is 2.